The SMILES string of the molecule is CCCCC(NC(=O)OC(C)(C)C)C(=O)O.CCCC[C@H](NC(=O)OC(C)(C)C)C(=O)N(C)OC. The molecule has 0 aromatic rings. The number of carbonyl (C=O) groups is 4. The van der Waals surface area contributed by atoms with E-state index in [1.165, 1.54) is 14.2 Å². The molecule has 35 heavy (non-hydrogen) atoms. The normalized spacial score (nSPS) is 12.9. The number of nitrogens with one attached hydrogen (secondary N) is 2. The monoisotopic (exact) mass is 505 g/mol. The van der Waals surface area contributed by atoms with Gasteiger partial charge in [-0.1, -0.05) is 39.5 Å². The van der Waals surface area contributed by atoms with Gasteiger partial charge in [-0.05, 0) is 54.4 Å². The van der Waals surface area contributed by atoms with Gasteiger partial charge in [-0.3, -0.25) is 9.63 Å². The van der Waals surface area contributed by atoms with Crippen LogP contribution in [0.25, 0.3) is 0 Å². The Labute approximate surface area is 210 Å². The Bertz CT molecular complexity index is 656. The largest absolute Gasteiger partial charge is 0.480 e. The summed E-state index contributed by atoms with van der Waals surface area (Å²) in [5.41, 5.74) is -1.20. The van der Waals surface area contributed by atoms with Crippen LogP contribution in [0.15, 0.2) is 0 Å². The molecule has 3 amide bonds. The van der Waals surface area contributed by atoms with Gasteiger partial charge in [-0.2, -0.15) is 0 Å². The molecular formula is C24H47N3O8. The first-order valence-corrected chi connectivity index (χ1v) is 12.0. The molecule has 0 radical (unpaired) electrons. The Hall–Kier alpha value is -2.56. The topological polar surface area (TPSA) is 144 Å². The molecule has 0 aliphatic heterocycles. The molecular weight excluding hydrogens is 458 g/mol. The summed E-state index contributed by atoms with van der Waals surface area (Å²) in [6, 6.07) is -1.49. The highest BCUT2D eigenvalue weighted by molar-refractivity contribution is 5.84. The number of amides is 3. The van der Waals surface area contributed by atoms with E-state index in [-0.39, 0.29) is 5.91 Å². The number of hydrogen-bond acceptors (Lipinski definition) is 7. The van der Waals surface area contributed by atoms with E-state index in [0.717, 1.165) is 30.7 Å². The highest BCUT2D eigenvalue weighted by atomic mass is 16.7. The van der Waals surface area contributed by atoms with Crippen LogP contribution in [0.5, 0.6) is 0 Å². The van der Waals surface area contributed by atoms with Crippen molar-refractivity contribution in [2.45, 2.75) is 117 Å². The lowest BCUT2D eigenvalue weighted by Crippen LogP contribution is -2.48. The van der Waals surface area contributed by atoms with Crippen LogP contribution < -0.4 is 10.6 Å². The summed E-state index contributed by atoms with van der Waals surface area (Å²) >= 11 is 0. The van der Waals surface area contributed by atoms with Gasteiger partial charge in [0, 0.05) is 7.05 Å². The van der Waals surface area contributed by atoms with Crippen LogP contribution >= 0.6 is 0 Å². The molecule has 0 saturated heterocycles. The van der Waals surface area contributed by atoms with Crippen LogP contribution in [0.2, 0.25) is 0 Å². The minimum Gasteiger partial charge on any atom is -0.480 e. The average Bonchev–Trinajstić information content (AvgIpc) is 2.70. The van der Waals surface area contributed by atoms with Gasteiger partial charge in [0.25, 0.3) is 5.91 Å². The lowest BCUT2D eigenvalue weighted by Gasteiger charge is -2.25. The van der Waals surface area contributed by atoms with Crippen LogP contribution in [0.4, 0.5) is 9.59 Å². The summed E-state index contributed by atoms with van der Waals surface area (Å²) in [6.07, 6.45) is 3.13. The number of carbonyl (C=O) groups excluding carboxylic acids is 3. The van der Waals surface area contributed by atoms with Gasteiger partial charge in [0.2, 0.25) is 0 Å². The number of likely N-dealkylation sites (N-methyl/N-ethyl adjacent to an activating group) is 1. The smallest absolute Gasteiger partial charge is 0.408 e. The minimum atomic E-state index is -1.03. The Kier molecular flexibility index (Phi) is 16.8. The van der Waals surface area contributed by atoms with Crippen molar-refractivity contribution in [3.05, 3.63) is 0 Å². The molecule has 0 heterocycles. The summed E-state index contributed by atoms with van der Waals surface area (Å²) in [7, 11) is 2.92. The van der Waals surface area contributed by atoms with E-state index in [2.05, 4.69) is 10.6 Å². The van der Waals surface area contributed by atoms with Crippen molar-refractivity contribution in [2.24, 2.45) is 0 Å². The number of alkyl carbamates (subject to hydrolysis) is 2. The van der Waals surface area contributed by atoms with Crippen molar-refractivity contribution in [2.75, 3.05) is 14.2 Å². The van der Waals surface area contributed by atoms with Crippen molar-refractivity contribution in [3.8, 4) is 0 Å². The van der Waals surface area contributed by atoms with E-state index in [4.69, 9.17) is 19.4 Å². The maximum absolute atomic E-state index is 12.0. The number of hydroxylamine groups is 2. The molecule has 11 heteroatoms. The van der Waals surface area contributed by atoms with Gasteiger partial charge in [0.1, 0.15) is 23.3 Å². The molecule has 0 aliphatic rings. The molecule has 0 spiro atoms. The number of nitrogens with zero attached hydrogens (tertiary/aromatic N) is 1. The molecule has 0 fully saturated rings. The van der Waals surface area contributed by atoms with E-state index >= 15 is 0 Å². The number of ether oxygens (including phenoxy) is 2. The van der Waals surface area contributed by atoms with Gasteiger partial charge in [0.05, 0.1) is 7.11 Å². The Morgan fingerprint density at radius 3 is 1.49 bits per heavy atom. The number of hydrogen-bond donors (Lipinski definition) is 3. The second kappa shape index (κ2) is 17.0. The molecule has 2 atom stereocenters. The number of unbranched alkanes of at least 4 members (excludes halogenated alkanes) is 2. The van der Waals surface area contributed by atoms with E-state index in [0.29, 0.717) is 12.8 Å². The van der Waals surface area contributed by atoms with E-state index < -0.39 is 41.4 Å². The van der Waals surface area contributed by atoms with Crippen molar-refractivity contribution >= 4 is 24.1 Å². The fourth-order valence-corrected chi connectivity index (χ4v) is 2.54. The fourth-order valence-electron chi connectivity index (χ4n) is 2.54. The molecule has 3 N–H and O–H groups in total. The van der Waals surface area contributed by atoms with Gasteiger partial charge < -0.3 is 25.2 Å². The van der Waals surface area contributed by atoms with Crippen molar-refractivity contribution < 1.29 is 38.6 Å². The molecule has 206 valence electrons. The third kappa shape index (κ3) is 19.4. The second-order valence-corrected chi connectivity index (χ2v) is 10.0. The van der Waals surface area contributed by atoms with Gasteiger partial charge in [0.15, 0.2) is 0 Å². The molecule has 1 unspecified atom stereocenters. The van der Waals surface area contributed by atoms with E-state index in [1.54, 1.807) is 41.5 Å². The number of carboxylic acid groups (broad SMARTS) is 1. The van der Waals surface area contributed by atoms with E-state index in [1.807, 2.05) is 13.8 Å². The van der Waals surface area contributed by atoms with Crippen LogP contribution in [0, 0.1) is 0 Å². The molecule has 0 rings (SSSR count). The third-order valence-corrected chi connectivity index (χ3v) is 4.26. The van der Waals surface area contributed by atoms with Crippen LogP contribution in [0.3, 0.4) is 0 Å². The Morgan fingerprint density at radius 2 is 1.17 bits per heavy atom. The maximum Gasteiger partial charge on any atom is 0.408 e. The van der Waals surface area contributed by atoms with Gasteiger partial charge in [-0.15, -0.1) is 0 Å². The molecule has 11 nitrogen and oxygen atoms in total. The van der Waals surface area contributed by atoms with Crippen LogP contribution in [-0.4, -0.2) is 71.7 Å². The number of rotatable bonds is 11. The zero-order valence-electron chi connectivity index (χ0n) is 23.1. The standard InChI is InChI=1S/C13H26N2O4.C11H21NO4/c1-7-8-9-10(11(16)15(5)18-6)14-12(17)19-13(2,3)4;1-5-6-7-8(9(13)14)12-10(15)16-11(2,3)4/h10H,7-9H2,1-6H3,(H,14,17);8H,5-7H2,1-4H3,(H,12,15)(H,13,14)/t10-;/m0./s1. The molecule has 0 aliphatic carbocycles. The lowest BCUT2D eigenvalue weighted by molar-refractivity contribution is -0.171. The summed E-state index contributed by atoms with van der Waals surface area (Å²) in [6.45, 7) is 14.5. The Balaban J connectivity index is 0. The highest BCUT2D eigenvalue weighted by Crippen LogP contribution is 2.10. The summed E-state index contributed by atoms with van der Waals surface area (Å²) in [5.74, 6) is -1.32. The summed E-state index contributed by atoms with van der Waals surface area (Å²) in [4.78, 5) is 50.7. The summed E-state index contributed by atoms with van der Waals surface area (Å²) in [5, 5.41) is 14.9. The Morgan fingerprint density at radius 1 is 0.800 bits per heavy atom. The molecule has 0 saturated carbocycles. The second-order valence-electron chi connectivity index (χ2n) is 10.0. The molecule has 0 aromatic heterocycles. The molecule has 0 aromatic carbocycles. The predicted octanol–water partition coefficient (Wildman–Crippen LogP) is 4.24. The number of aliphatic carboxylic acids is 1. The van der Waals surface area contributed by atoms with E-state index in [9.17, 15) is 19.2 Å². The first-order chi connectivity index (χ1) is 16.0. The third-order valence-electron chi connectivity index (χ3n) is 4.26. The van der Waals surface area contributed by atoms with Crippen molar-refractivity contribution in [3.63, 3.8) is 0 Å². The highest BCUT2D eigenvalue weighted by Gasteiger charge is 2.26. The van der Waals surface area contributed by atoms with Gasteiger partial charge >= 0.3 is 18.2 Å². The molecule has 0 bridgehead atoms. The van der Waals surface area contributed by atoms with Crippen molar-refractivity contribution in [1.82, 2.24) is 15.7 Å². The van der Waals surface area contributed by atoms with Gasteiger partial charge in [-0.25, -0.2) is 19.4 Å². The maximum atomic E-state index is 12.0. The number of carboxylic acids is 1. The first-order valence-electron chi connectivity index (χ1n) is 12.0. The first kappa shape index (κ1) is 34.6. The van der Waals surface area contributed by atoms with Crippen LogP contribution in [-0.2, 0) is 23.9 Å². The zero-order valence-corrected chi connectivity index (χ0v) is 23.1. The minimum absolute atomic E-state index is 0.290. The zero-order chi connectivity index (χ0) is 27.8. The quantitative estimate of drug-likeness (QED) is 0.354. The average molecular weight is 506 g/mol. The lowest BCUT2D eigenvalue weighted by atomic mass is 10.1. The fraction of sp³-hybridized carbons (Fsp3) is 0.833. The van der Waals surface area contributed by atoms with Crippen LogP contribution in [0.1, 0.15) is 93.9 Å². The van der Waals surface area contributed by atoms with Crippen molar-refractivity contribution in [1.29, 1.82) is 0 Å². The summed E-state index contributed by atoms with van der Waals surface area (Å²) < 4.78 is 10.1. The predicted molar refractivity (Wildman–Crippen MR) is 133 cm³/mol.